The molecule has 0 unspecified atom stereocenters. The van der Waals surface area contributed by atoms with Gasteiger partial charge in [-0.3, -0.25) is 14.5 Å². The zero-order valence-electron chi connectivity index (χ0n) is 15.7. The van der Waals surface area contributed by atoms with Crippen LogP contribution in [0.25, 0.3) is 0 Å². The van der Waals surface area contributed by atoms with Crippen LogP contribution in [0.2, 0.25) is 5.02 Å². The molecule has 3 aromatic rings. The summed E-state index contributed by atoms with van der Waals surface area (Å²) in [6.45, 7) is 0. The summed E-state index contributed by atoms with van der Waals surface area (Å²) < 4.78 is 27.3. The molecule has 0 saturated heterocycles. The Labute approximate surface area is 175 Å². The highest BCUT2D eigenvalue weighted by Crippen LogP contribution is 2.20. The summed E-state index contributed by atoms with van der Waals surface area (Å²) in [4.78, 5) is 16.2. The van der Waals surface area contributed by atoms with Gasteiger partial charge in [-0.25, -0.2) is 8.42 Å². The van der Waals surface area contributed by atoms with Gasteiger partial charge in [0.2, 0.25) is 10.0 Å². The molecule has 150 valence electrons. The molecule has 1 heterocycles. The lowest BCUT2D eigenvalue weighted by Gasteiger charge is -2.10. The van der Waals surface area contributed by atoms with Crippen LogP contribution in [0.3, 0.4) is 0 Å². The van der Waals surface area contributed by atoms with E-state index in [9.17, 15) is 13.2 Å². The minimum Gasteiger partial charge on any atom is -0.299 e. The first-order valence-electron chi connectivity index (χ1n) is 9.15. The molecule has 1 aromatic heterocycles. The molecule has 7 heteroatoms. The summed E-state index contributed by atoms with van der Waals surface area (Å²) in [5.41, 5.74) is 2.86. The van der Waals surface area contributed by atoms with Crippen LogP contribution in [0, 0.1) is 0 Å². The first kappa shape index (κ1) is 21.0. The van der Waals surface area contributed by atoms with Crippen molar-refractivity contribution in [1.29, 1.82) is 0 Å². The van der Waals surface area contributed by atoms with Crippen LogP contribution in [0.4, 0.5) is 5.69 Å². The first-order chi connectivity index (χ1) is 13.9. The maximum Gasteiger partial charge on any atom is 0.236 e. The van der Waals surface area contributed by atoms with Crippen molar-refractivity contribution < 1.29 is 13.2 Å². The fourth-order valence-corrected chi connectivity index (χ4v) is 4.38. The van der Waals surface area contributed by atoms with Gasteiger partial charge in [-0.1, -0.05) is 48.0 Å². The van der Waals surface area contributed by atoms with E-state index >= 15 is 0 Å². The van der Waals surface area contributed by atoms with Crippen molar-refractivity contribution in [2.75, 3.05) is 4.72 Å². The molecule has 3 rings (SSSR count). The number of benzene rings is 2. The Morgan fingerprint density at radius 1 is 0.966 bits per heavy atom. The Morgan fingerprint density at radius 3 is 2.41 bits per heavy atom. The number of carbonyl (C=O) groups is 1. The van der Waals surface area contributed by atoms with Crippen LogP contribution in [-0.4, -0.2) is 19.2 Å². The van der Waals surface area contributed by atoms with Gasteiger partial charge in [-0.05, 0) is 47.4 Å². The van der Waals surface area contributed by atoms with Crippen molar-refractivity contribution in [3.63, 3.8) is 0 Å². The number of anilines is 1. The Balaban J connectivity index is 1.54. The van der Waals surface area contributed by atoms with Crippen LogP contribution in [0.15, 0.2) is 73.1 Å². The van der Waals surface area contributed by atoms with Gasteiger partial charge in [0.1, 0.15) is 5.78 Å². The Hall–Kier alpha value is -2.70. The van der Waals surface area contributed by atoms with Crippen LogP contribution < -0.4 is 4.72 Å². The average Bonchev–Trinajstić information content (AvgIpc) is 2.70. The van der Waals surface area contributed by atoms with E-state index in [-0.39, 0.29) is 11.5 Å². The molecule has 29 heavy (non-hydrogen) atoms. The topological polar surface area (TPSA) is 76.1 Å². The van der Waals surface area contributed by atoms with Crippen LogP contribution in [-0.2, 0) is 33.4 Å². The van der Waals surface area contributed by atoms with Crippen molar-refractivity contribution >= 4 is 33.1 Å². The third kappa shape index (κ3) is 6.69. The Morgan fingerprint density at radius 2 is 1.72 bits per heavy atom. The Kier molecular flexibility index (Phi) is 7.01. The minimum atomic E-state index is -3.59. The Bertz CT molecular complexity index is 1070. The average molecular weight is 429 g/mol. The monoisotopic (exact) mass is 428 g/mol. The molecule has 0 saturated carbocycles. The van der Waals surface area contributed by atoms with Crippen molar-refractivity contribution in [1.82, 2.24) is 4.98 Å². The maximum atomic E-state index is 12.4. The van der Waals surface area contributed by atoms with Gasteiger partial charge < -0.3 is 0 Å². The number of ketones is 1. The number of sulfonamides is 1. The highest BCUT2D eigenvalue weighted by atomic mass is 35.5. The van der Waals surface area contributed by atoms with Gasteiger partial charge in [0, 0.05) is 35.9 Å². The van der Waals surface area contributed by atoms with E-state index in [2.05, 4.69) is 9.71 Å². The molecule has 0 spiro atoms. The second-order valence-corrected chi connectivity index (χ2v) is 8.86. The zero-order chi connectivity index (χ0) is 20.7. The summed E-state index contributed by atoms with van der Waals surface area (Å²) >= 11 is 6.04. The molecule has 0 fully saturated rings. The predicted octanol–water partition coefficient (Wildman–Crippen LogP) is 4.42. The van der Waals surface area contributed by atoms with Gasteiger partial charge in [0.25, 0.3) is 0 Å². The van der Waals surface area contributed by atoms with Gasteiger partial charge >= 0.3 is 0 Å². The van der Waals surface area contributed by atoms with E-state index in [1.165, 1.54) is 0 Å². The molecule has 0 radical (unpaired) electrons. The van der Waals surface area contributed by atoms with Gasteiger partial charge in [-0.15, -0.1) is 0 Å². The number of Topliss-reactive ketones (excluding diaryl/α,β-unsaturated/α-hetero) is 1. The van der Waals surface area contributed by atoms with E-state index in [1.54, 1.807) is 60.9 Å². The summed E-state index contributed by atoms with van der Waals surface area (Å²) in [5.74, 6) is -0.0813. The van der Waals surface area contributed by atoms with E-state index < -0.39 is 10.0 Å². The minimum absolute atomic E-state index is 0.126. The number of halogens is 1. The molecule has 5 nitrogen and oxygen atoms in total. The number of hydrogen-bond donors (Lipinski definition) is 1. The smallest absolute Gasteiger partial charge is 0.236 e. The lowest BCUT2D eigenvalue weighted by atomic mass is 10.0. The van der Waals surface area contributed by atoms with Crippen molar-refractivity contribution in [3.8, 4) is 0 Å². The third-order valence-electron chi connectivity index (χ3n) is 4.35. The van der Waals surface area contributed by atoms with Crippen molar-refractivity contribution in [2.24, 2.45) is 0 Å². The molecule has 0 bridgehead atoms. The van der Waals surface area contributed by atoms with Gasteiger partial charge in [0.05, 0.1) is 5.75 Å². The lowest BCUT2D eigenvalue weighted by molar-refractivity contribution is -0.118. The fraction of sp³-hybridized carbons (Fsp3) is 0.182. The van der Waals surface area contributed by atoms with Crippen LogP contribution >= 0.6 is 11.6 Å². The quantitative estimate of drug-likeness (QED) is 0.547. The molecule has 0 amide bonds. The second kappa shape index (κ2) is 9.67. The standard InChI is InChI=1S/C22H21ClN2O3S/c23-22-6-2-1-5-19(22)16-29(27,28)25-20-10-7-17(8-11-20)14-21(26)12-9-18-4-3-13-24-15-18/h1-8,10-11,13,15,25H,9,12,14,16H2. The largest absolute Gasteiger partial charge is 0.299 e. The summed E-state index contributed by atoms with van der Waals surface area (Å²) in [6, 6.07) is 17.5. The number of rotatable bonds is 9. The van der Waals surface area contributed by atoms with Crippen molar-refractivity contribution in [2.45, 2.75) is 25.0 Å². The summed E-state index contributed by atoms with van der Waals surface area (Å²) in [7, 11) is -3.59. The second-order valence-electron chi connectivity index (χ2n) is 6.73. The number of nitrogens with zero attached hydrogens (tertiary/aromatic N) is 1. The lowest BCUT2D eigenvalue weighted by Crippen LogP contribution is -2.15. The van der Waals surface area contributed by atoms with E-state index in [0.717, 1.165) is 11.1 Å². The highest BCUT2D eigenvalue weighted by Gasteiger charge is 2.14. The summed E-state index contributed by atoms with van der Waals surface area (Å²) in [5, 5.41) is 0.415. The molecule has 0 aliphatic carbocycles. The van der Waals surface area contributed by atoms with Crippen LogP contribution in [0.1, 0.15) is 23.1 Å². The van der Waals surface area contributed by atoms with Gasteiger partial charge in [-0.2, -0.15) is 0 Å². The molecular formula is C22H21ClN2O3S. The predicted molar refractivity (Wildman–Crippen MR) is 115 cm³/mol. The number of aromatic nitrogens is 1. The molecule has 0 atom stereocenters. The van der Waals surface area contributed by atoms with E-state index in [0.29, 0.717) is 35.5 Å². The molecule has 0 aliphatic heterocycles. The van der Waals surface area contributed by atoms with Crippen LogP contribution in [0.5, 0.6) is 0 Å². The van der Waals surface area contributed by atoms with E-state index in [4.69, 9.17) is 11.6 Å². The number of aryl methyl sites for hydroxylation is 1. The summed E-state index contributed by atoms with van der Waals surface area (Å²) in [6.07, 6.45) is 4.88. The number of nitrogens with one attached hydrogen (secondary N) is 1. The number of carbonyl (C=O) groups excluding carboxylic acids is 1. The normalized spacial score (nSPS) is 11.2. The number of hydrogen-bond acceptors (Lipinski definition) is 4. The van der Waals surface area contributed by atoms with Gasteiger partial charge in [0.15, 0.2) is 0 Å². The van der Waals surface area contributed by atoms with Crippen molar-refractivity contribution in [3.05, 3.63) is 94.8 Å². The molecular weight excluding hydrogens is 408 g/mol. The maximum absolute atomic E-state index is 12.4. The zero-order valence-corrected chi connectivity index (χ0v) is 17.3. The molecule has 0 aliphatic rings. The third-order valence-corrected chi connectivity index (χ3v) is 5.95. The fourth-order valence-electron chi connectivity index (χ4n) is 2.87. The first-order valence-corrected chi connectivity index (χ1v) is 11.2. The molecule has 1 N–H and O–H groups in total. The highest BCUT2D eigenvalue weighted by molar-refractivity contribution is 7.91. The number of pyridine rings is 1. The van der Waals surface area contributed by atoms with E-state index in [1.807, 2.05) is 12.1 Å². The molecule has 2 aromatic carbocycles. The SMILES string of the molecule is O=C(CCc1cccnc1)Cc1ccc(NS(=O)(=O)Cc2ccccc2Cl)cc1.